The van der Waals surface area contributed by atoms with Crippen LogP contribution < -0.4 is 11.5 Å². The number of carbonyl (C=O) groups is 1. The molecule has 0 saturated carbocycles. The first-order valence-corrected chi connectivity index (χ1v) is 3.25. The van der Waals surface area contributed by atoms with E-state index in [1.165, 1.54) is 12.4 Å². The molecule has 1 rings (SSSR count). The largest absolute Gasteiger partial charge is 0.476 e. The van der Waals surface area contributed by atoms with E-state index in [4.69, 9.17) is 16.6 Å². The first kappa shape index (κ1) is 8.91. The first-order chi connectivity index (χ1) is 6.11. The van der Waals surface area contributed by atoms with Gasteiger partial charge in [-0.15, -0.1) is 0 Å². The summed E-state index contributed by atoms with van der Waals surface area (Å²) in [6, 6.07) is 0. The van der Waals surface area contributed by atoms with Crippen molar-refractivity contribution in [3.05, 3.63) is 18.1 Å². The fourth-order valence-corrected chi connectivity index (χ4v) is 0.686. The lowest BCUT2D eigenvalue weighted by Gasteiger charge is -1.97. The summed E-state index contributed by atoms with van der Waals surface area (Å²) in [6.07, 6.45) is 2.55. The van der Waals surface area contributed by atoms with Crippen molar-refractivity contribution in [3.63, 3.8) is 0 Å². The van der Waals surface area contributed by atoms with Crippen LogP contribution in [0.4, 0.5) is 5.82 Å². The maximum Gasteiger partial charge on any atom is 0.358 e. The number of nitrogens with two attached hydrogens (primary N) is 2. The Hall–Kier alpha value is -2.18. The van der Waals surface area contributed by atoms with E-state index < -0.39 is 5.97 Å². The van der Waals surface area contributed by atoms with Gasteiger partial charge in [0.05, 0.1) is 0 Å². The molecule has 7 nitrogen and oxygen atoms in total. The second-order valence-corrected chi connectivity index (χ2v) is 2.07. The van der Waals surface area contributed by atoms with Gasteiger partial charge in [0.15, 0.2) is 17.5 Å². The fourth-order valence-electron chi connectivity index (χ4n) is 0.686. The maximum atomic E-state index is 10.5. The van der Waals surface area contributed by atoms with Crippen molar-refractivity contribution in [2.75, 3.05) is 0 Å². The Morgan fingerprint density at radius 1 is 1.38 bits per heavy atom. The van der Waals surface area contributed by atoms with E-state index in [0.717, 1.165) is 0 Å². The zero-order valence-electron chi connectivity index (χ0n) is 6.51. The molecule has 0 aromatic carbocycles. The smallest absolute Gasteiger partial charge is 0.358 e. The molecule has 0 bridgehead atoms. The maximum absolute atomic E-state index is 10.5. The molecule has 0 aliphatic heterocycles. The van der Waals surface area contributed by atoms with Crippen LogP contribution in [0.5, 0.6) is 0 Å². The van der Waals surface area contributed by atoms with Crippen LogP contribution in [0.25, 0.3) is 0 Å². The Morgan fingerprint density at radius 3 is 2.54 bits per heavy atom. The molecule has 0 unspecified atom stereocenters. The van der Waals surface area contributed by atoms with Gasteiger partial charge < -0.3 is 16.6 Å². The fraction of sp³-hybridized carbons (Fsp3) is 0. The topological polar surface area (TPSA) is 127 Å². The molecule has 7 heteroatoms. The van der Waals surface area contributed by atoms with Crippen LogP contribution in [0.2, 0.25) is 0 Å². The average molecular weight is 181 g/mol. The highest BCUT2D eigenvalue weighted by molar-refractivity contribution is 5.91. The van der Waals surface area contributed by atoms with E-state index in [0.29, 0.717) is 0 Å². The number of aromatic carboxylic acids is 1. The van der Waals surface area contributed by atoms with Crippen LogP contribution in [0.3, 0.4) is 0 Å². The number of guanidine groups is 1. The third kappa shape index (κ3) is 2.12. The summed E-state index contributed by atoms with van der Waals surface area (Å²) in [5.74, 6) is -1.59. The average Bonchev–Trinajstić information content (AvgIpc) is 2.03. The van der Waals surface area contributed by atoms with Crippen molar-refractivity contribution >= 4 is 17.7 Å². The molecule has 13 heavy (non-hydrogen) atoms. The summed E-state index contributed by atoms with van der Waals surface area (Å²) in [5, 5.41) is 8.63. The SMILES string of the molecule is NC(N)=Nc1nccnc1C(=O)O. The van der Waals surface area contributed by atoms with Gasteiger partial charge in [-0.3, -0.25) is 0 Å². The molecule has 0 radical (unpaired) electrons. The van der Waals surface area contributed by atoms with Crippen molar-refractivity contribution in [2.24, 2.45) is 16.5 Å². The molecular formula is C6H7N5O2. The summed E-state index contributed by atoms with van der Waals surface area (Å²) in [4.78, 5) is 21.2. The Kier molecular flexibility index (Phi) is 2.38. The molecule has 0 spiro atoms. The van der Waals surface area contributed by atoms with Gasteiger partial charge in [-0.1, -0.05) is 0 Å². The van der Waals surface area contributed by atoms with Gasteiger partial charge in [0.1, 0.15) is 0 Å². The van der Waals surface area contributed by atoms with Crippen LogP contribution >= 0.6 is 0 Å². The lowest BCUT2D eigenvalue weighted by Crippen LogP contribution is -2.22. The Labute approximate surface area is 73.1 Å². The second kappa shape index (κ2) is 3.48. The molecule has 1 aromatic rings. The third-order valence-corrected chi connectivity index (χ3v) is 1.12. The molecule has 0 aliphatic rings. The molecular weight excluding hydrogens is 174 g/mol. The number of carboxylic acid groups (broad SMARTS) is 1. The number of rotatable bonds is 2. The molecule has 0 amide bonds. The van der Waals surface area contributed by atoms with Gasteiger partial charge in [0, 0.05) is 12.4 Å². The Morgan fingerprint density at radius 2 is 2.00 bits per heavy atom. The number of hydrogen-bond acceptors (Lipinski definition) is 4. The van der Waals surface area contributed by atoms with Crippen LogP contribution in [-0.2, 0) is 0 Å². The van der Waals surface area contributed by atoms with Crippen molar-refractivity contribution in [3.8, 4) is 0 Å². The lowest BCUT2D eigenvalue weighted by atomic mass is 10.4. The molecule has 0 saturated heterocycles. The standard InChI is InChI=1S/C6H7N5O2/c7-6(8)11-4-3(5(12)13)9-1-2-10-4/h1-2H,(H,12,13)(H4,7,8,10,11). The first-order valence-electron chi connectivity index (χ1n) is 3.25. The van der Waals surface area contributed by atoms with Gasteiger partial charge in [-0.2, -0.15) is 4.99 Å². The predicted molar refractivity (Wildman–Crippen MR) is 44.5 cm³/mol. The van der Waals surface area contributed by atoms with Gasteiger partial charge in [0.25, 0.3) is 0 Å². The van der Waals surface area contributed by atoms with Gasteiger partial charge >= 0.3 is 5.97 Å². The van der Waals surface area contributed by atoms with Crippen LogP contribution in [0.15, 0.2) is 17.4 Å². The number of carboxylic acids is 1. The third-order valence-electron chi connectivity index (χ3n) is 1.12. The van der Waals surface area contributed by atoms with Crippen LogP contribution in [-0.4, -0.2) is 27.0 Å². The van der Waals surface area contributed by atoms with Crippen molar-refractivity contribution < 1.29 is 9.90 Å². The number of hydrogen-bond donors (Lipinski definition) is 3. The molecule has 0 atom stereocenters. The van der Waals surface area contributed by atoms with E-state index in [1.54, 1.807) is 0 Å². The zero-order chi connectivity index (χ0) is 9.84. The number of aromatic nitrogens is 2. The minimum absolute atomic E-state index is 0.102. The number of nitrogens with zero attached hydrogens (tertiary/aromatic N) is 3. The van der Waals surface area contributed by atoms with Crippen molar-refractivity contribution in [1.29, 1.82) is 0 Å². The molecule has 68 valence electrons. The highest BCUT2D eigenvalue weighted by atomic mass is 16.4. The number of aliphatic imine (C=N–C) groups is 1. The monoisotopic (exact) mass is 181 g/mol. The van der Waals surface area contributed by atoms with Gasteiger partial charge in [-0.05, 0) is 0 Å². The van der Waals surface area contributed by atoms with Crippen LogP contribution in [0.1, 0.15) is 10.5 Å². The molecule has 0 aliphatic carbocycles. The lowest BCUT2D eigenvalue weighted by molar-refractivity contribution is 0.0691. The quantitative estimate of drug-likeness (QED) is 0.400. The predicted octanol–water partition coefficient (Wildman–Crippen LogP) is -0.920. The second-order valence-electron chi connectivity index (χ2n) is 2.07. The van der Waals surface area contributed by atoms with Crippen molar-refractivity contribution in [2.45, 2.75) is 0 Å². The van der Waals surface area contributed by atoms with E-state index >= 15 is 0 Å². The normalized spacial score (nSPS) is 9.23. The van der Waals surface area contributed by atoms with E-state index in [1.807, 2.05) is 0 Å². The van der Waals surface area contributed by atoms with Crippen molar-refractivity contribution in [1.82, 2.24) is 9.97 Å². The minimum atomic E-state index is -1.23. The summed E-state index contributed by atoms with van der Waals surface area (Å²) < 4.78 is 0. The molecule has 0 fully saturated rings. The summed E-state index contributed by atoms with van der Waals surface area (Å²) in [7, 11) is 0. The molecule has 1 heterocycles. The minimum Gasteiger partial charge on any atom is -0.476 e. The highest BCUT2D eigenvalue weighted by Gasteiger charge is 2.11. The Bertz CT molecular complexity index is 358. The van der Waals surface area contributed by atoms with Gasteiger partial charge in [0.2, 0.25) is 0 Å². The molecule has 1 aromatic heterocycles. The van der Waals surface area contributed by atoms with E-state index in [2.05, 4.69) is 15.0 Å². The summed E-state index contributed by atoms with van der Waals surface area (Å²) >= 11 is 0. The summed E-state index contributed by atoms with van der Waals surface area (Å²) in [6.45, 7) is 0. The van der Waals surface area contributed by atoms with E-state index in [9.17, 15) is 4.79 Å². The summed E-state index contributed by atoms with van der Waals surface area (Å²) in [5.41, 5.74) is 9.84. The molecule has 5 N–H and O–H groups in total. The van der Waals surface area contributed by atoms with E-state index in [-0.39, 0.29) is 17.5 Å². The Balaban J connectivity index is 3.20. The zero-order valence-corrected chi connectivity index (χ0v) is 6.51. The highest BCUT2D eigenvalue weighted by Crippen LogP contribution is 2.10. The van der Waals surface area contributed by atoms with Gasteiger partial charge in [-0.25, -0.2) is 14.8 Å². The van der Waals surface area contributed by atoms with Crippen LogP contribution in [0, 0.1) is 0 Å².